The van der Waals surface area contributed by atoms with Crippen LogP contribution in [-0.4, -0.2) is 39.6 Å². The fraction of sp³-hybridized carbons (Fsp3) is 0.455. The summed E-state index contributed by atoms with van der Waals surface area (Å²) in [6.07, 6.45) is 7.27. The highest BCUT2D eigenvalue weighted by Crippen LogP contribution is 2.29. The van der Waals surface area contributed by atoms with Crippen LogP contribution in [0.4, 0.5) is 0 Å². The van der Waals surface area contributed by atoms with Gasteiger partial charge in [0.15, 0.2) is 0 Å². The minimum atomic E-state index is -0.350. The van der Waals surface area contributed by atoms with Crippen LogP contribution >= 0.6 is 0 Å². The van der Waals surface area contributed by atoms with Gasteiger partial charge < -0.3 is 19.5 Å². The second-order valence-corrected chi connectivity index (χ2v) is 8.02. The number of benzene rings is 1. The Labute approximate surface area is 169 Å². The Hall–Kier alpha value is -2.80. The maximum atomic E-state index is 11.3. The number of amides is 1. The number of hydrogen-bond donors (Lipinski definition) is 1. The number of likely N-dealkylation sites (tertiary alicyclic amines) is 1. The Balaban J connectivity index is 1.20. The number of piperidine rings is 1. The average Bonchev–Trinajstić information content (AvgIpc) is 3.39. The number of aryl methyl sites for hydroxylation is 2. The SMILES string of the molecule is NC(=O)Cn1ccc2c(OC3CCN(Cc4nc5c(o4)CCC5)CC3)cccc21. The maximum Gasteiger partial charge on any atom is 0.237 e. The molecule has 7 nitrogen and oxygen atoms in total. The largest absolute Gasteiger partial charge is 0.490 e. The molecule has 29 heavy (non-hydrogen) atoms. The molecule has 0 atom stereocenters. The molecule has 2 aliphatic rings. The van der Waals surface area contributed by atoms with Crippen molar-refractivity contribution in [3.63, 3.8) is 0 Å². The molecule has 1 aromatic carbocycles. The van der Waals surface area contributed by atoms with Gasteiger partial charge in [0.1, 0.15) is 24.2 Å². The van der Waals surface area contributed by atoms with E-state index in [-0.39, 0.29) is 18.6 Å². The van der Waals surface area contributed by atoms with Gasteiger partial charge in [-0.2, -0.15) is 0 Å². The number of oxazole rings is 1. The zero-order chi connectivity index (χ0) is 19.8. The number of nitrogens with two attached hydrogens (primary N) is 1. The summed E-state index contributed by atoms with van der Waals surface area (Å²) in [5.41, 5.74) is 7.47. The van der Waals surface area contributed by atoms with Gasteiger partial charge in [0.05, 0.1) is 17.8 Å². The van der Waals surface area contributed by atoms with E-state index in [2.05, 4.69) is 9.88 Å². The molecule has 0 spiro atoms. The quantitative estimate of drug-likeness (QED) is 0.695. The molecular formula is C22H26N4O3. The molecule has 1 amide bonds. The predicted molar refractivity (Wildman–Crippen MR) is 109 cm³/mol. The van der Waals surface area contributed by atoms with Gasteiger partial charge in [-0.3, -0.25) is 9.69 Å². The summed E-state index contributed by atoms with van der Waals surface area (Å²) in [7, 11) is 0. The lowest BCUT2D eigenvalue weighted by Crippen LogP contribution is -2.37. The van der Waals surface area contributed by atoms with E-state index in [0.29, 0.717) is 0 Å². The molecule has 5 rings (SSSR count). The number of aromatic nitrogens is 2. The van der Waals surface area contributed by atoms with E-state index in [9.17, 15) is 4.79 Å². The number of primary amides is 1. The monoisotopic (exact) mass is 394 g/mol. The fourth-order valence-corrected chi connectivity index (χ4v) is 4.47. The highest BCUT2D eigenvalue weighted by Gasteiger charge is 2.24. The van der Waals surface area contributed by atoms with Crippen LogP contribution in [0.3, 0.4) is 0 Å². The molecule has 0 radical (unpaired) electrons. The average molecular weight is 394 g/mol. The van der Waals surface area contributed by atoms with Crippen molar-refractivity contribution in [3.8, 4) is 5.75 Å². The van der Waals surface area contributed by atoms with Crippen LogP contribution in [0.25, 0.3) is 10.9 Å². The first-order chi connectivity index (χ1) is 14.2. The van der Waals surface area contributed by atoms with Crippen LogP contribution in [-0.2, 0) is 30.7 Å². The fourth-order valence-electron chi connectivity index (χ4n) is 4.47. The van der Waals surface area contributed by atoms with Gasteiger partial charge in [-0.25, -0.2) is 4.98 Å². The van der Waals surface area contributed by atoms with Crippen molar-refractivity contribution in [2.75, 3.05) is 13.1 Å². The third-order valence-corrected chi connectivity index (χ3v) is 5.93. The van der Waals surface area contributed by atoms with Gasteiger partial charge in [-0.1, -0.05) is 6.07 Å². The molecule has 1 saturated heterocycles. The van der Waals surface area contributed by atoms with E-state index in [0.717, 1.165) is 79.3 Å². The lowest BCUT2D eigenvalue weighted by Gasteiger charge is -2.31. The van der Waals surface area contributed by atoms with E-state index in [1.54, 1.807) is 0 Å². The van der Waals surface area contributed by atoms with Crippen LogP contribution in [0, 0.1) is 0 Å². The van der Waals surface area contributed by atoms with Gasteiger partial charge in [0.2, 0.25) is 11.8 Å². The molecule has 7 heteroatoms. The number of hydrogen-bond acceptors (Lipinski definition) is 5. The number of ether oxygens (including phenoxy) is 1. The number of fused-ring (bicyclic) bond motifs is 2. The van der Waals surface area contributed by atoms with E-state index in [1.165, 1.54) is 6.42 Å². The van der Waals surface area contributed by atoms with Gasteiger partial charge in [0.25, 0.3) is 0 Å². The van der Waals surface area contributed by atoms with Crippen LogP contribution in [0.2, 0.25) is 0 Å². The van der Waals surface area contributed by atoms with Crippen molar-refractivity contribution in [2.45, 2.75) is 51.3 Å². The number of nitrogens with zero attached hydrogens (tertiary/aromatic N) is 3. The first kappa shape index (κ1) is 18.2. The van der Waals surface area contributed by atoms with E-state index >= 15 is 0 Å². The molecule has 0 bridgehead atoms. The molecule has 152 valence electrons. The molecule has 2 N–H and O–H groups in total. The Morgan fingerprint density at radius 3 is 2.90 bits per heavy atom. The van der Waals surface area contributed by atoms with Gasteiger partial charge >= 0.3 is 0 Å². The minimum Gasteiger partial charge on any atom is -0.490 e. The Bertz CT molecular complexity index is 1010. The van der Waals surface area contributed by atoms with Crippen molar-refractivity contribution in [1.29, 1.82) is 0 Å². The first-order valence-corrected chi connectivity index (χ1v) is 10.4. The normalized spacial score (nSPS) is 17.7. The van der Waals surface area contributed by atoms with Gasteiger partial charge in [-0.05, 0) is 43.9 Å². The van der Waals surface area contributed by atoms with Crippen LogP contribution in [0.5, 0.6) is 5.75 Å². The molecule has 1 aliphatic heterocycles. The third-order valence-electron chi connectivity index (χ3n) is 5.93. The van der Waals surface area contributed by atoms with Crippen molar-refractivity contribution >= 4 is 16.8 Å². The number of carbonyl (C=O) groups is 1. The zero-order valence-corrected chi connectivity index (χ0v) is 16.5. The second-order valence-electron chi connectivity index (χ2n) is 8.02. The van der Waals surface area contributed by atoms with Gasteiger partial charge in [0, 0.05) is 31.1 Å². The topological polar surface area (TPSA) is 86.5 Å². The summed E-state index contributed by atoms with van der Waals surface area (Å²) in [4.78, 5) is 18.3. The molecule has 2 aromatic heterocycles. The van der Waals surface area contributed by atoms with Crippen LogP contribution < -0.4 is 10.5 Å². The number of carbonyl (C=O) groups excluding carboxylic acids is 1. The van der Waals surface area contributed by atoms with Gasteiger partial charge in [-0.15, -0.1) is 0 Å². The number of rotatable bonds is 6. The molecule has 0 saturated carbocycles. The Kier molecular flexibility index (Phi) is 4.75. The summed E-state index contributed by atoms with van der Waals surface area (Å²) >= 11 is 0. The molecule has 1 fully saturated rings. The van der Waals surface area contributed by atoms with E-state index < -0.39 is 0 Å². The van der Waals surface area contributed by atoms with Crippen molar-refractivity contribution < 1.29 is 13.9 Å². The summed E-state index contributed by atoms with van der Waals surface area (Å²) in [6, 6.07) is 7.94. The van der Waals surface area contributed by atoms with Crippen molar-refractivity contribution in [3.05, 3.63) is 47.8 Å². The zero-order valence-electron chi connectivity index (χ0n) is 16.5. The smallest absolute Gasteiger partial charge is 0.237 e. The van der Waals surface area contributed by atoms with Crippen molar-refractivity contribution in [1.82, 2.24) is 14.5 Å². The molecule has 3 heterocycles. The Morgan fingerprint density at radius 1 is 1.24 bits per heavy atom. The predicted octanol–water partition coefficient (Wildman–Crippen LogP) is 2.65. The second kappa shape index (κ2) is 7.55. The summed E-state index contributed by atoms with van der Waals surface area (Å²) in [5.74, 6) is 2.47. The van der Waals surface area contributed by atoms with E-state index in [1.807, 2.05) is 35.0 Å². The first-order valence-electron chi connectivity index (χ1n) is 10.4. The van der Waals surface area contributed by atoms with E-state index in [4.69, 9.17) is 14.9 Å². The third kappa shape index (κ3) is 3.74. The van der Waals surface area contributed by atoms with Crippen LogP contribution in [0.15, 0.2) is 34.9 Å². The molecule has 0 unspecified atom stereocenters. The van der Waals surface area contributed by atoms with Crippen LogP contribution in [0.1, 0.15) is 36.6 Å². The lowest BCUT2D eigenvalue weighted by atomic mass is 10.1. The minimum absolute atomic E-state index is 0.176. The molecular weight excluding hydrogens is 368 g/mol. The maximum absolute atomic E-state index is 11.3. The molecule has 3 aromatic rings. The summed E-state index contributed by atoms with van der Waals surface area (Å²) in [6.45, 7) is 2.90. The Morgan fingerprint density at radius 2 is 2.10 bits per heavy atom. The highest BCUT2D eigenvalue weighted by molar-refractivity contribution is 5.87. The summed E-state index contributed by atoms with van der Waals surface area (Å²) < 4.78 is 14.1. The van der Waals surface area contributed by atoms with Crippen molar-refractivity contribution in [2.24, 2.45) is 5.73 Å². The highest BCUT2D eigenvalue weighted by atomic mass is 16.5. The molecule has 1 aliphatic carbocycles. The summed E-state index contributed by atoms with van der Waals surface area (Å²) in [5, 5.41) is 1.02. The lowest BCUT2D eigenvalue weighted by molar-refractivity contribution is -0.118. The standard InChI is InChI=1S/C22H26N4O3/c23-21(27)13-26-12-9-16-18(26)4-2-5-19(16)28-15-7-10-25(11-8-15)14-22-24-17-3-1-6-20(17)29-22/h2,4-5,9,12,15H,1,3,6-8,10-11,13-14H2,(H2,23,27).